The predicted molar refractivity (Wildman–Crippen MR) is 83.5 cm³/mol. The second-order valence-electron chi connectivity index (χ2n) is 4.56. The lowest BCUT2D eigenvalue weighted by Crippen LogP contribution is -2.41. The molecule has 4 nitrogen and oxygen atoms in total. The van der Waals surface area contributed by atoms with E-state index in [-0.39, 0.29) is 11.8 Å². The van der Waals surface area contributed by atoms with Crippen LogP contribution in [0.2, 0.25) is 5.02 Å². The molecule has 0 fully saturated rings. The Bertz CT molecular complexity index is 644. The van der Waals surface area contributed by atoms with E-state index in [1.807, 2.05) is 18.2 Å². The summed E-state index contributed by atoms with van der Waals surface area (Å²) in [6.07, 6.45) is 0. The van der Waals surface area contributed by atoms with Gasteiger partial charge >= 0.3 is 0 Å². The lowest BCUT2D eigenvalue weighted by molar-refractivity contribution is -0.117. The summed E-state index contributed by atoms with van der Waals surface area (Å²) in [4.78, 5) is 24.0. The highest BCUT2D eigenvalue weighted by Gasteiger charge is 2.16. The van der Waals surface area contributed by atoms with Gasteiger partial charge in [0.15, 0.2) is 0 Å². The number of benzene rings is 2. The normalized spacial score (nSPS) is 11.5. The number of hydrogen-bond donors (Lipinski definition) is 2. The third kappa shape index (κ3) is 4.33. The van der Waals surface area contributed by atoms with Crippen LogP contribution >= 0.6 is 11.6 Å². The number of carbonyl (C=O) groups is 2. The average Bonchev–Trinajstić information content (AvgIpc) is 2.48. The Morgan fingerprint density at radius 2 is 1.76 bits per heavy atom. The van der Waals surface area contributed by atoms with E-state index in [2.05, 4.69) is 10.6 Å². The Balaban J connectivity index is 1.96. The Morgan fingerprint density at radius 3 is 2.43 bits per heavy atom. The molecule has 2 aromatic rings. The van der Waals surface area contributed by atoms with Gasteiger partial charge in [0.1, 0.15) is 6.04 Å². The molecule has 0 bridgehead atoms. The van der Waals surface area contributed by atoms with Crippen molar-refractivity contribution in [1.29, 1.82) is 0 Å². The summed E-state index contributed by atoms with van der Waals surface area (Å²) in [6.45, 7) is 1.63. The fraction of sp³-hybridized carbons (Fsp3) is 0.125. The molecule has 1 unspecified atom stereocenters. The van der Waals surface area contributed by atoms with Gasteiger partial charge in [-0.25, -0.2) is 0 Å². The Morgan fingerprint density at radius 1 is 1.05 bits per heavy atom. The molecule has 0 radical (unpaired) electrons. The topological polar surface area (TPSA) is 58.2 Å². The fourth-order valence-electron chi connectivity index (χ4n) is 1.75. The summed E-state index contributed by atoms with van der Waals surface area (Å²) in [7, 11) is 0. The molecule has 2 N–H and O–H groups in total. The number of rotatable bonds is 4. The molecule has 2 aromatic carbocycles. The quantitative estimate of drug-likeness (QED) is 0.912. The van der Waals surface area contributed by atoms with E-state index in [0.29, 0.717) is 16.3 Å². The minimum atomic E-state index is -0.656. The number of para-hydroxylation sites is 1. The maximum atomic E-state index is 12.0. The van der Waals surface area contributed by atoms with Gasteiger partial charge in [-0.2, -0.15) is 0 Å². The van der Waals surface area contributed by atoms with Gasteiger partial charge in [0.2, 0.25) is 5.91 Å². The van der Waals surface area contributed by atoms with Crippen molar-refractivity contribution in [2.45, 2.75) is 13.0 Å². The van der Waals surface area contributed by atoms with E-state index in [9.17, 15) is 9.59 Å². The summed E-state index contributed by atoms with van der Waals surface area (Å²) in [5, 5.41) is 5.84. The molecule has 1 atom stereocenters. The highest BCUT2D eigenvalue weighted by Crippen LogP contribution is 2.11. The molecule has 5 heteroatoms. The first-order valence-corrected chi connectivity index (χ1v) is 6.86. The predicted octanol–water partition coefficient (Wildman–Crippen LogP) is 3.10. The van der Waals surface area contributed by atoms with E-state index < -0.39 is 6.04 Å². The molecule has 0 aliphatic rings. The van der Waals surface area contributed by atoms with Crippen molar-refractivity contribution in [1.82, 2.24) is 5.32 Å². The Labute approximate surface area is 128 Å². The van der Waals surface area contributed by atoms with Crippen molar-refractivity contribution in [3.05, 3.63) is 65.2 Å². The van der Waals surface area contributed by atoms with Gasteiger partial charge in [-0.15, -0.1) is 0 Å². The first kappa shape index (κ1) is 15.1. The van der Waals surface area contributed by atoms with E-state index in [0.717, 1.165) is 0 Å². The molecule has 0 aliphatic carbocycles. The third-order valence-corrected chi connectivity index (χ3v) is 3.10. The first-order valence-electron chi connectivity index (χ1n) is 6.48. The van der Waals surface area contributed by atoms with Gasteiger partial charge in [0, 0.05) is 16.3 Å². The van der Waals surface area contributed by atoms with Crippen LogP contribution < -0.4 is 10.6 Å². The van der Waals surface area contributed by atoms with Crippen molar-refractivity contribution in [2.75, 3.05) is 5.32 Å². The van der Waals surface area contributed by atoms with E-state index in [4.69, 9.17) is 11.6 Å². The van der Waals surface area contributed by atoms with Crippen molar-refractivity contribution >= 4 is 29.1 Å². The van der Waals surface area contributed by atoms with E-state index in [1.54, 1.807) is 43.3 Å². The second-order valence-corrected chi connectivity index (χ2v) is 5.00. The fourth-order valence-corrected chi connectivity index (χ4v) is 1.94. The van der Waals surface area contributed by atoms with Crippen molar-refractivity contribution in [3.63, 3.8) is 0 Å². The average molecular weight is 303 g/mol. The smallest absolute Gasteiger partial charge is 0.251 e. The number of nitrogens with one attached hydrogen (secondary N) is 2. The number of halogens is 1. The highest BCUT2D eigenvalue weighted by atomic mass is 35.5. The molecule has 21 heavy (non-hydrogen) atoms. The highest BCUT2D eigenvalue weighted by molar-refractivity contribution is 6.31. The number of amides is 2. The largest absolute Gasteiger partial charge is 0.341 e. The van der Waals surface area contributed by atoms with Crippen LogP contribution in [-0.4, -0.2) is 17.9 Å². The number of hydrogen-bond acceptors (Lipinski definition) is 2. The van der Waals surface area contributed by atoms with Crippen LogP contribution in [0.3, 0.4) is 0 Å². The monoisotopic (exact) mass is 302 g/mol. The van der Waals surface area contributed by atoms with Crippen molar-refractivity contribution < 1.29 is 9.59 Å². The van der Waals surface area contributed by atoms with Gasteiger partial charge in [0.05, 0.1) is 0 Å². The second kappa shape index (κ2) is 6.90. The Kier molecular flexibility index (Phi) is 4.95. The molecule has 2 amide bonds. The molecular formula is C16H15ClN2O2. The Hall–Kier alpha value is -2.33. The van der Waals surface area contributed by atoms with Crippen LogP contribution in [0, 0.1) is 0 Å². The summed E-state index contributed by atoms with van der Waals surface area (Å²) in [6, 6.07) is 15.0. The van der Waals surface area contributed by atoms with Crippen molar-refractivity contribution in [2.24, 2.45) is 0 Å². The molecule has 0 aliphatic heterocycles. The van der Waals surface area contributed by atoms with E-state index >= 15 is 0 Å². The molecule has 0 aromatic heterocycles. The number of anilines is 1. The van der Waals surface area contributed by atoms with Gasteiger partial charge in [0.25, 0.3) is 5.91 Å². The molecule has 0 heterocycles. The van der Waals surface area contributed by atoms with Gasteiger partial charge in [-0.3, -0.25) is 9.59 Å². The van der Waals surface area contributed by atoms with Crippen LogP contribution in [-0.2, 0) is 4.79 Å². The maximum absolute atomic E-state index is 12.0. The standard InChI is InChI=1S/C16H15ClN2O2/c1-11(15(20)19-14-8-3-2-4-9-14)18-16(21)12-6-5-7-13(17)10-12/h2-11H,1H3,(H,18,21)(H,19,20). The molecular weight excluding hydrogens is 288 g/mol. The SMILES string of the molecule is CC(NC(=O)c1cccc(Cl)c1)C(=O)Nc1ccccc1. The molecule has 2 rings (SSSR count). The third-order valence-electron chi connectivity index (χ3n) is 2.87. The van der Waals surface area contributed by atoms with Gasteiger partial charge < -0.3 is 10.6 Å². The maximum Gasteiger partial charge on any atom is 0.251 e. The van der Waals surface area contributed by atoms with Crippen LogP contribution in [0.15, 0.2) is 54.6 Å². The molecule has 108 valence electrons. The van der Waals surface area contributed by atoms with Gasteiger partial charge in [-0.1, -0.05) is 35.9 Å². The minimum absolute atomic E-state index is 0.281. The summed E-state index contributed by atoms with van der Waals surface area (Å²) in [5.41, 5.74) is 1.10. The molecule has 0 spiro atoms. The minimum Gasteiger partial charge on any atom is -0.341 e. The zero-order valence-corrected chi connectivity index (χ0v) is 12.2. The summed E-state index contributed by atoms with van der Waals surface area (Å²) >= 11 is 5.84. The summed E-state index contributed by atoms with van der Waals surface area (Å²) < 4.78 is 0. The van der Waals surface area contributed by atoms with E-state index in [1.165, 1.54) is 0 Å². The summed E-state index contributed by atoms with van der Waals surface area (Å²) in [5.74, 6) is -0.621. The van der Waals surface area contributed by atoms with Crippen LogP contribution in [0.1, 0.15) is 17.3 Å². The molecule has 0 saturated carbocycles. The zero-order valence-electron chi connectivity index (χ0n) is 11.5. The number of carbonyl (C=O) groups excluding carboxylic acids is 2. The lowest BCUT2D eigenvalue weighted by Gasteiger charge is -2.14. The van der Waals surface area contributed by atoms with Crippen LogP contribution in [0.25, 0.3) is 0 Å². The first-order chi connectivity index (χ1) is 10.1. The van der Waals surface area contributed by atoms with Crippen LogP contribution in [0.5, 0.6) is 0 Å². The lowest BCUT2D eigenvalue weighted by atomic mass is 10.2. The van der Waals surface area contributed by atoms with Gasteiger partial charge in [-0.05, 0) is 37.3 Å². The zero-order chi connectivity index (χ0) is 15.2. The van der Waals surface area contributed by atoms with Crippen molar-refractivity contribution in [3.8, 4) is 0 Å². The van der Waals surface area contributed by atoms with Crippen LogP contribution in [0.4, 0.5) is 5.69 Å². The molecule has 0 saturated heterocycles.